The molecule has 0 amide bonds. The van der Waals surface area contributed by atoms with Gasteiger partial charge >= 0.3 is 6.72 Å². The van der Waals surface area contributed by atoms with E-state index >= 15 is 0 Å². The Morgan fingerprint density at radius 1 is 1.24 bits per heavy atom. The predicted octanol–water partition coefficient (Wildman–Crippen LogP) is 2.70. The van der Waals surface area contributed by atoms with Gasteiger partial charge in [-0.1, -0.05) is 18.2 Å². The highest BCUT2D eigenvalue weighted by Gasteiger charge is 2.21. The summed E-state index contributed by atoms with van der Waals surface area (Å²) in [5, 5.41) is 0. The molecular formula is C11H19O4PS. The largest absolute Gasteiger partial charge is 0.327 e. The maximum absolute atomic E-state index is 10.1. The summed E-state index contributed by atoms with van der Waals surface area (Å²) in [6.07, 6.45) is -0.252. The van der Waals surface area contributed by atoms with Crippen molar-refractivity contribution in [1.29, 1.82) is 0 Å². The SMILES string of the molecule is CCOS(c1ccccc1)=P(O)(O)OC(C)C. The lowest BCUT2D eigenvalue weighted by molar-refractivity contribution is 0.196. The third kappa shape index (κ3) is 4.54. The third-order valence-electron chi connectivity index (χ3n) is 1.74. The Labute approximate surface area is 105 Å². The summed E-state index contributed by atoms with van der Waals surface area (Å²) in [5.74, 6) is 0. The average Bonchev–Trinajstić information content (AvgIpc) is 2.25. The normalized spacial score (nSPS) is 14.0. The van der Waals surface area contributed by atoms with Crippen molar-refractivity contribution in [2.45, 2.75) is 31.8 Å². The molecule has 6 heteroatoms. The van der Waals surface area contributed by atoms with Crippen LogP contribution in [0, 0.1) is 0 Å². The van der Waals surface area contributed by atoms with Crippen LogP contribution in [0.3, 0.4) is 0 Å². The van der Waals surface area contributed by atoms with Crippen LogP contribution in [0.4, 0.5) is 0 Å². The van der Waals surface area contributed by atoms with Gasteiger partial charge in [-0.05, 0) is 32.9 Å². The van der Waals surface area contributed by atoms with Crippen molar-refractivity contribution in [2.24, 2.45) is 0 Å². The molecule has 0 aliphatic heterocycles. The van der Waals surface area contributed by atoms with E-state index in [1.807, 2.05) is 37.3 Å². The zero-order chi connectivity index (χ0) is 12.9. The minimum absolute atomic E-state index is 0.252. The molecular weight excluding hydrogens is 259 g/mol. The maximum atomic E-state index is 10.1. The first-order valence-corrected chi connectivity index (χ1v) is 8.80. The van der Waals surface area contributed by atoms with Gasteiger partial charge in [0, 0.05) is 15.2 Å². The molecule has 1 rings (SSSR count). The molecule has 0 aliphatic rings. The minimum atomic E-state index is -3.54. The van der Waals surface area contributed by atoms with E-state index in [1.165, 1.54) is 0 Å². The Hall–Kier alpha value is -0.160. The van der Waals surface area contributed by atoms with E-state index in [-0.39, 0.29) is 6.10 Å². The van der Waals surface area contributed by atoms with Crippen molar-refractivity contribution >= 4 is 17.1 Å². The van der Waals surface area contributed by atoms with Crippen LogP contribution in [-0.4, -0.2) is 22.5 Å². The van der Waals surface area contributed by atoms with Crippen LogP contribution in [0.25, 0.3) is 0 Å². The van der Waals surface area contributed by atoms with Gasteiger partial charge in [-0.15, -0.1) is 0 Å². The van der Waals surface area contributed by atoms with Crippen LogP contribution in [0.5, 0.6) is 0 Å². The van der Waals surface area contributed by atoms with Crippen LogP contribution >= 0.6 is 6.72 Å². The van der Waals surface area contributed by atoms with Crippen molar-refractivity contribution in [2.75, 3.05) is 6.61 Å². The topological polar surface area (TPSA) is 58.9 Å². The Morgan fingerprint density at radius 3 is 2.29 bits per heavy atom. The third-order valence-corrected chi connectivity index (χ3v) is 6.50. The monoisotopic (exact) mass is 278 g/mol. The highest BCUT2D eigenvalue weighted by atomic mass is 32.5. The van der Waals surface area contributed by atoms with Crippen LogP contribution in [-0.2, 0) is 19.1 Å². The van der Waals surface area contributed by atoms with Crippen molar-refractivity contribution in [3.63, 3.8) is 0 Å². The second-order valence-corrected chi connectivity index (χ2v) is 8.43. The van der Waals surface area contributed by atoms with Gasteiger partial charge in [0.05, 0.1) is 12.7 Å². The quantitative estimate of drug-likeness (QED) is 0.813. The molecule has 0 radical (unpaired) electrons. The Kier molecular flexibility index (Phi) is 5.86. The second kappa shape index (κ2) is 6.69. The standard InChI is InChI=1S/C11H19O4PS/c1-4-14-17(11-8-6-5-7-9-11)16(12,13)15-10(2)3/h5-10,12-13H,4H2,1-3H3. The molecule has 0 aromatic heterocycles. The molecule has 0 bridgehead atoms. The smallest absolute Gasteiger partial charge is 0.309 e. The predicted molar refractivity (Wildman–Crippen MR) is 71.3 cm³/mol. The lowest BCUT2D eigenvalue weighted by Gasteiger charge is -2.21. The van der Waals surface area contributed by atoms with E-state index in [2.05, 4.69) is 0 Å². The first-order valence-electron chi connectivity index (χ1n) is 5.43. The fourth-order valence-corrected chi connectivity index (χ4v) is 5.69. The van der Waals surface area contributed by atoms with E-state index in [9.17, 15) is 9.79 Å². The zero-order valence-corrected chi connectivity index (χ0v) is 11.9. The van der Waals surface area contributed by atoms with Crippen molar-refractivity contribution in [1.82, 2.24) is 0 Å². The summed E-state index contributed by atoms with van der Waals surface area (Å²) in [4.78, 5) is 20.9. The number of rotatable bonds is 5. The van der Waals surface area contributed by atoms with Crippen LogP contribution in [0.2, 0.25) is 0 Å². The minimum Gasteiger partial charge on any atom is -0.327 e. The van der Waals surface area contributed by atoms with E-state index in [4.69, 9.17) is 8.71 Å². The van der Waals surface area contributed by atoms with Gasteiger partial charge < -0.3 is 18.5 Å². The molecule has 1 aromatic rings. The molecule has 0 heterocycles. The Balaban J connectivity index is 3.20. The Bertz CT molecular complexity index is 399. The van der Waals surface area contributed by atoms with Gasteiger partial charge in [-0.2, -0.15) is 0 Å². The highest BCUT2D eigenvalue weighted by Crippen LogP contribution is 2.47. The van der Waals surface area contributed by atoms with Crippen LogP contribution < -0.4 is 0 Å². The zero-order valence-electron chi connectivity index (χ0n) is 10.2. The van der Waals surface area contributed by atoms with Gasteiger partial charge in [0.2, 0.25) is 0 Å². The van der Waals surface area contributed by atoms with Crippen molar-refractivity contribution in [3.8, 4) is 0 Å². The fraction of sp³-hybridized carbons (Fsp3) is 0.455. The molecule has 0 aliphatic carbocycles. The van der Waals surface area contributed by atoms with E-state index in [0.29, 0.717) is 6.61 Å². The summed E-state index contributed by atoms with van der Waals surface area (Å²) in [6.45, 7) is 2.21. The molecule has 98 valence electrons. The molecule has 4 nitrogen and oxygen atoms in total. The number of hydrogen-bond acceptors (Lipinski definition) is 2. The molecule has 1 atom stereocenters. The summed E-state index contributed by atoms with van der Waals surface area (Å²) >= 11 is 0. The van der Waals surface area contributed by atoms with Crippen LogP contribution in [0.1, 0.15) is 20.8 Å². The van der Waals surface area contributed by atoms with Crippen LogP contribution in [0.15, 0.2) is 35.2 Å². The van der Waals surface area contributed by atoms with E-state index in [0.717, 1.165) is 4.90 Å². The Morgan fingerprint density at radius 2 is 1.82 bits per heavy atom. The second-order valence-electron chi connectivity index (χ2n) is 3.61. The van der Waals surface area contributed by atoms with E-state index < -0.39 is 17.1 Å². The fourth-order valence-electron chi connectivity index (χ4n) is 1.24. The van der Waals surface area contributed by atoms with Gasteiger partial charge in [0.1, 0.15) is 0 Å². The molecule has 1 unspecified atom stereocenters. The molecule has 0 spiro atoms. The maximum Gasteiger partial charge on any atom is 0.309 e. The summed E-state index contributed by atoms with van der Waals surface area (Å²) in [5.41, 5.74) is 0. The van der Waals surface area contributed by atoms with Gasteiger partial charge in [-0.25, -0.2) is 0 Å². The summed E-state index contributed by atoms with van der Waals surface area (Å²) in [7, 11) is -1.12. The van der Waals surface area contributed by atoms with Gasteiger partial charge in [0.15, 0.2) is 0 Å². The molecule has 0 saturated carbocycles. The molecule has 1 aromatic carbocycles. The average molecular weight is 278 g/mol. The van der Waals surface area contributed by atoms with Gasteiger partial charge in [-0.3, -0.25) is 0 Å². The molecule has 2 N–H and O–H groups in total. The van der Waals surface area contributed by atoms with E-state index in [1.54, 1.807) is 13.8 Å². The lowest BCUT2D eigenvalue weighted by atomic mass is 10.4. The number of benzene rings is 1. The van der Waals surface area contributed by atoms with Crippen molar-refractivity contribution < 1.29 is 18.5 Å². The number of hydrogen-bond donors (Lipinski definition) is 2. The lowest BCUT2D eigenvalue weighted by Crippen LogP contribution is -2.07. The molecule has 17 heavy (non-hydrogen) atoms. The summed E-state index contributed by atoms with van der Waals surface area (Å²) in [6, 6.07) is 9.16. The van der Waals surface area contributed by atoms with Gasteiger partial charge in [0.25, 0.3) is 0 Å². The molecule has 0 saturated heterocycles. The van der Waals surface area contributed by atoms with Crippen molar-refractivity contribution in [3.05, 3.63) is 30.3 Å². The molecule has 0 fully saturated rings. The first kappa shape index (κ1) is 14.9. The summed E-state index contributed by atoms with van der Waals surface area (Å²) < 4.78 is 10.7. The highest BCUT2D eigenvalue weighted by molar-refractivity contribution is 8.25. The first-order chi connectivity index (χ1) is 7.97.